The summed E-state index contributed by atoms with van der Waals surface area (Å²) >= 11 is 0. The Morgan fingerprint density at radius 1 is 1.43 bits per heavy atom. The van der Waals surface area contributed by atoms with Crippen molar-refractivity contribution < 1.29 is 9.13 Å². The molecule has 0 atom stereocenters. The normalized spacial score (nSPS) is 8.86. The predicted octanol–water partition coefficient (Wildman–Crippen LogP) is 1.77. The van der Waals surface area contributed by atoms with Crippen molar-refractivity contribution in [3.63, 3.8) is 0 Å². The number of benzene rings is 1. The molecule has 0 aliphatic carbocycles. The molecule has 0 amide bonds. The van der Waals surface area contributed by atoms with E-state index in [-0.39, 0.29) is 17.7 Å². The van der Waals surface area contributed by atoms with Crippen LogP contribution in [0.3, 0.4) is 0 Å². The minimum Gasteiger partial charge on any atom is -0.492 e. The second-order valence-corrected chi connectivity index (χ2v) is 2.61. The molecule has 0 N–H and O–H groups in total. The predicted molar refractivity (Wildman–Crippen MR) is 47.0 cm³/mol. The van der Waals surface area contributed by atoms with E-state index in [9.17, 15) is 4.39 Å². The fraction of sp³-hybridized carbons (Fsp3) is 0.200. The summed E-state index contributed by atoms with van der Waals surface area (Å²) in [5, 5.41) is 17.1. The lowest BCUT2D eigenvalue weighted by atomic mass is 10.1. The lowest BCUT2D eigenvalue weighted by Gasteiger charge is -2.05. The number of halogens is 1. The van der Waals surface area contributed by atoms with Crippen molar-refractivity contribution in [1.29, 1.82) is 10.5 Å². The fourth-order valence-electron chi connectivity index (χ4n) is 1.13. The summed E-state index contributed by atoms with van der Waals surface area (Å²) in [5.41, 5.74) is 0.583. The molecule has 0 saturated carbocycles. The lowest BCUT2D eigenvalue weighted by Crippen LogP contribution is -1.95. The average Bonchev–Trinajstić information content (AvgIpc) is 2.17. The Bertz CT molecular complexity index is 429. The minimum absolute atomic E-state index is 0.0748. The van der Waals surface area contributed by atoms with Gasteiger partial charge in [-0.3, -0.25) is 0 Å². The first-order valence-electron chi connectivity index (χ1n) is 3.86. The second kappa shape index (κ2) is 4.25. The topological polar surface area (TPSA) is 56.8 Å². The van der Waals surface area contributed by atoms with E-state index in [0.29, 0.717) is 5.56 Å². The zero-order valence-corrected chi connectivity index (χ0v) is 7.54. The molecule has 0 bridgehead atoms. The monoisotopic (exact) mass is 190 g/mol. The molecule has 14 heavy (non-hydrogen) atoms. The molecule has 1 rings (SSSR count). The van der Waals surface area contributed by atoms with Crippen LogP contribution in [0.4, 0.5) is 4.39 Å². The van der Waals surface area contributed by atoms with E-state index >= 15 is 0 Å². The Hall–Kier alpha value is -2.07. The largest absolute Gasteiger partial charge is 0.492 e. The van der Waals surface area contributed by atoms with Crippen molar-refractivity contribution in [3.05, 3.63) is 29.1 Å². The van der Waals surface area contributed by atoms with Gasteiger partial charge in [-0.1, -0.05) is 0 Å². The first kappa shape index (κ1) is 10.0. The molecule has 0 saturated heterocycles. The Balaban J connectivity index is 3.27. The summed E-state index contributed by atoms with van der Waals surface area (Å²) < 4.78 is 18.0. The van der Waals surface area contributed by atoms with Crippen LogP contribution in [0.15, 0.2) is 12.1 Å². The van der Waals surface area contributed by atoms with Gasteiger partial charge in [0.05, 0.1) is 25.2 Å². The van der Waals surface area contributed by atoms with E-state index in [1.807, 2.05) is 12.1 Å². The first-order chi connectivity index (χ1) is 6.72. The molecule has 3 nitrogen and oxygen atoms in total. The highest BCUT2D eigenvalue weighted by Gasteiger charge is 2.10. The highest BCUT2D eigenvalue weighted by Crippen LogP contribution is 2.23. The molecule has 0 spiro atoms. The number of nitriles is 2. The summed E-state index contributed by atoms with van der Waals surface area (Å²) in [7, 11) is 1.29. The highest BCUT2D eigenvalue weighted by atomic mass is 19.1. The Morgan fingerprint density at radius 2 is 2.14 bits per heavy atom. The maximum absolute atomic E-state index is 13.2. The number of methoxy groups -OCH3 is 1. The summed E-state index contributed by atoms with van der Waals surface area (Å²) in [6.07, 6.45) is 0.0790. The quantitative estimate of drug-likeness (QED) is 0.714. The summed E-state index contributed by atoms with van der Waals surface area (Å²) in [6, 6.07) is 6.34. The van der Waals surface area contributed by atoms with E-state index in [1.165, 1.54) is 19.2 Å². The summed E-state index contributed by atoms with van der Waals surface area (Å²) in [6.45, 7) is 0. The highest BCUT2D eigenvalue weighted by molar-refractivity contribution is 5.46. The first-order valence-corrected chi connectivity index (χ1v) is 3.86. The lowest BCUT2D eigenvalue weighted by molar-refractivity contribution is 0.385. The average molecular weight is 190 g/mol. The Morgan fingerprint density at radius 3 is 2.64 bits per heavy atom. The van der Waals surface area contributed by atoms with E-state index in [4.69, 9.17) is 15.3 Å². The van der Waals surface area contributed by atoms with Crippen LogP contribution in [0.5, 0.6) is 5.75 Å². The standard InChI is InChI=1S/C10H7FN2O/c1-14-10-8(6-13)4-7(2-3-12)5-9(10)11/h4-5H,2H2,1H3. The minimum atomic E-state index is -0.614. The molecule has 1 aromatic carbocycles. The van der Waals surface area contributed by atoms with Crippen LogP contribution in [0, 0.1) is 28.5 Å². The van der Waals surface area contributed by atoms with Gasteiger partial charge >= 0.3 is 0 Å². The van der Waals surface area contributed by atoms with Crippen molar-refractivity contribution >= 4 is 0 Å². The van der Waals surface area contributed by atoms with E-state index in [2.05, 4.69) is 0 Å². The van der Waals surface area contributed by atoms with Gasteiger partial charge < -0.3 is 4.74 Å². The molecule has 0 aliphatic rings. The van der Waals surface area contributed by atoms with Crippen LogP contribution in [-0.4, -0.2) is 7.11 Å². The molecule has 0 aliphatic heterocycles. The van der Waals surface area contributed by atoms with Crippen LogP contribution >= 0.6 is 0 Å². The van der Waals surface area contributed by atoms with Crippen molar-refractivity contribution in [2.45, 2.75) is 6.42 Å². The van der Waals surface area contributed by atoms with Gasteiger partial charge in [-0.25, -0.2) is 4.39 Å². The van der Waals surface area contributed by atoms with Crippen LogP contribution < -0.4 is 4.74 Å². The van der Waals surface area contributed by atoms with Gasteiger partial charge in [0.2, 0.25) is 0 Å². The number of hydrogen-bond acceptors (Lipinski definition) is 3. The van der Waals surface area contributed by atoms with Crippen molar-refractivity contribution in [2.75, 3.05) is 7.11 Å². The van der Waals surface area contributed by atoms with E-state index in [1.54, 1.807) is 0 Å². The van der Waals surface area contributed by atoms with Crippen molar-refractivity contribution in [3.8, 4) is 17.9 Å². The smallest absolute Gasteiger partial charge is 0.172 e. The van der Waals surface area contributed by atoms with Gasteiger partial charge in [-0.15, -0.1) is 0 Å². The molecule has 1 aromatic rings. The number of hydrogen-bond donors (Lipinski definition) is 0. The Kier molecular flexibility index (Phi) is 3.04. The van der Waals surface area contributed by atoms with Crippen LogP contribution in [0.1, 0.15) is 11.1 Å². The Labute approximate surface area is 81.0 Å². The number of nitrogens with zero attached hydrogens (tertiary/aromatic N) is 2. The summed E-state index contributed by atoms with van der Waals surface area (Å²) in [5.74, 6) is -0.689. The molecule has 70 valence electrons. The van der Waals surface area contributed by atoms with E-state index < -0.39 is 5.82 Å². The number of ether oxygens (including phenoxy) is 1. The third-order valence-corrected chi connectivity index (χ3v) is 1.71. The molecule has 0 radical (unpaired) electrons. The van der Waals surface area contributed by atoms with E-state index in [0.717, 1.165) is 0 Å². The molecule has 0 fully saturated rings. The van der Waals surface area contributed by atoms with Gasteiger partial charge in [0.1, 0.15) is 6.07 Å². The molecule has 0 unspecified atom stereocenters. The van der Waals surface area contributed by atoms with Gasteiger partial charge in [-0.05, 0) is 17.7 Å². The molecular weight excluding hydrogens is 183 g/mol. The molecule has 4 heteroatoms. The van der Waals surface area contributed by atoms with Crippen LogP contribution in [0.2, 0.25) is 0 Å². The van der Waals surface area contributed by atoms with Gasteiger partial charge in [-0.2, -0.15) is 10.5 Å². The van der Waals surface area contributed by atoms with Crippen LogP contribution in [-0.2, 0) is 6.42 Å². The third kappa shape index (κ3) is 1.81. The van der Waals surface area contributed by atoms with Gasteiger partial charge in [0.15, 0.2) is 11.6 Å². The van der Waals surface area contributed by atoms with Gasteiger partial charge in [0.25, 0.3) is 0 Å². The second-order valence-electron chi connectivity index (χ2n) is 2.61. The third-order valence-electron chi connectivity index (χ3n) is 1.71. The maximum Gasteiger partial charge on any atom is 0.172 e. The van der Waals surface area contributed by atoms with Crippen molar-refractivity contribution in [2.24, 2.45) is 0 Å². The van der Waals surface area contributed by atoms with Gasteiger partial charge in [0, 0.05) is 0 Å². The molecular formula is C10H7FN2O. The molecule has 0 heterocycles. The number of rotatable bonds is 2. The summed E-state index contributed by atoms with van der Waals surface area (Å²) in [4.78, 5) is 0. The van der Waals surface area contributed by atoms with Crippen LogP contribution in [0.25, 0.3) is 0 Å². The van der Waals surface area contributed by atoms with Crippen molar-refractivity contribution in [1.82, 2.24) is 0 Å². The zero-order valence-electron chi connectivity index (χ0n) is 7.54. The SMILES string of the molecule is COc1c(F)cc(CC#N)cc1C#N. The maximum atomic E-state index is 13.2. The molecule has 0 aromatic heterocycles. The zero-order chi connectivity index (χ0) is 10.6. The fourth-order valence-corrected chi connectivity index (χ4v) is 1.13.